The molecule has 10 heteroatoms. The minimum atomic E-state index is -5.46. The molecule has 0 bridgehead atoms. The van der Waals surface area contributed by atoms with Gasteiger partial charge in [0.2, 0.25) is 11.8 Å². The molecule has 4 rings (SSSR count). The zero-order valence-electron chi connectivity index (χ0n) is 19.4. The van der Waals surface area contributed by atoms with Gasteiger partial charge >= 0.3 is 5.51 Å². The van der Waals surface area contributed by atoms with E-state index in [1.54, 1.807) is 0 Å². The van der Waals surface area contributed by atoms with Crippen LogP contribution < -0.4 is 5.32 Å². The van der Waals surface area contributed by atoms with Gasteiger partial charge in [0.1, 0.15) is 12.1 Å². The molecular weight excluding hydrogens is 481 g/mol. The van der Waals surface area contributed by atoms with E-state index in [0.717, 1.165) is 23.3 Å². The Labute approximate surface area is 202 Å². The van der Waals surface area contributed by atoms with Crippen molar-refractivity contribution in [2.75, 3.05) is 0 Å². The lowest BCUT2D eigenvalue weighted by molar-refractivity contribution is -0.152. The highest BCUT2D eigenvalue weighted by molar-refractivity contribution is 7.92. The maximum Gasteiger partial charge on any atom is 0.501 e. The third kappa shape index (κ3) is 4.94. The number of halogens is 3. The van der Waals surface area contributed by atoms with Crippen LogP contribution >= 0.6 is 0 Å². The van der Waals surface area contributed by atoms with Crippen LogP contribution in [0.2, 0.25) is 0 Å². The van der Waals surface area contributed by atoms with Crippen LogP contribution in [0, 0.1) is 11.8 Å². The van der Waals surface area contributed by atoms with Gasteiger partial charge in [0, 0.05) is 6.54 Å². The maximum atomic E-state index is 13.6. The van der Waals surface area contributed by atoms with Crippen molar-refractivity contribution in [3.63, 3.8) is 0 Å². The van der Waals surface area contributed by atoms with Crippen LogP contribution in [0.15, 0.2) is 53.4 Å². The van der Waals surface area contributed by atoms with Crippen molar-refractivity contribution < 1.29 is 31.2 Å². The number of carbonyl (C=O) groups excluding carboxylic acids is 2. The van der Waals surface area contributed by atoms with Crippen molar-refractivity contribution in [1.82, 2.24) is 10.2 Å². The van der Waals surface area contributed by atoms with E-state index in [1.165, 1.54) is 17.0 Å². The fourth-order valence-corrected chi connectivity index (χ4v) is 5.67. The standard InChI is InChI=1S/C25H27F3N2O4S/c1-15(2)11-21-23(31)29-22(19-12-17-5-3-4-6-18(17)13-19)24(32)30(21)14-16-7-9-20(10-8-16)35(33,34)25(26,27)28/h3-10,15,19,21-22H,11-14H2,1-2H3,(H,29,31)/t21-,22-/m1/s1. The molecule has 1 saturated heterocycles. The number of alkyl halides is 3. The molecule has 0 spiro atoms. The summed E-state index contributed by atoms with van der Waals surface area (Å²) in [5, 5.41) is 2.93. The predicted molar refractivity (Wildman–Crippen MR) is 123 cm³/mol. The van der Waals surface area contributed by atoms with E-state index < -0.39 is 32.3 Å². The molecule has 1 N–H and O–H groups in total. The van der Waals surface area contributed by atoms with Gasteiger partial charge < -0.3 is 10.2 Å². The Kier molecular flexibility index (Phi) is 6.70. The summed E-state index contributed by atoms with van der Waals surface area (Å²) in [5.41, 5.74) is -2.66. The Morgan fingerprint density at radius 2 is 1.57 bits per heavy atom. The molecule has 2 atom stereocenters. The van der Waals surface area contributed by atoms with Crippen molar-refractivity contribution in [3.8, 4) is 0 Å². The van der Waals surface area contributed by atoms with Crippen LogP contribution in [0.5, 0.6) is 0 Å². The largest absolute Gasteiger partial charge is 0.501 e. The summed E-state index contributed by atoms with van der Waals surface area (Å²) in [5.74, 6) is -0.464. The Bertz CT molecular complexity index is 1200. The van der Waals surface area contributed by atoms with Gasteiger partial charge in [-0.05, 0) is 59.9 Å². The van der Waals surface area contributed by atoms with Gasteiger partial charge in [0.15, 0.2) is 0 Å². The topological polar surface area (TPSA) is 83.6 Å². The lowest BCUT2D eigenvalue weighted by Crippen LogP contribution is -2.65. The van der Waals surface area contributed by atoms with E-state index in [4.69, 9.17) is 0 Å². The highest BCUT2D eigenvalue weighted by atomic mass is 32.2. The average molecular weight is 509 g/mol. The number of rotatable bonds is 6. The molecule has 1 heterocycles. The maximum absolute atomic E-state index is 13.6. The van der Waals surface area contributed by atoms with E-state index in [-0.39, 0.29) is 30.2 Å². The summed E-state index contributed by atoms with van der Waals surface area (Å²) in [4.78, 5) is 27.4. The van der Waals surface area contributed by atoms with E-state index in [9.17, 15) is 31.2 Å². The highest BCUT2D eigenvalue weighted by Gasteiger charge is 2.47. The van der Waals surface area contributed by atoms with Crippen LogP contribution in [0.1, 0.15) is 37.0 Å². The first kappa shape index (κ1) is 25.2. The fraction of sp³-hybridized carbons (Fsp3) is 0.440. The first-order chi connectivity index (χ1) is 16.4. The number of sulfone groups is 1. The summed E-state index contributed by atoms with van der Waals surface area (Å²) in [6.45, 7) is 3.87. The van der Waals surface area contributed by atoms with Crippen molar-refractivity contribution in [1.29, 1.82) is 0 Å². The van der Waals surface area contributed by atoms with Gasteiger partial charge in [-0.25, -0.2) is 8.42 Å². The second-order valence-corrected chi connectivity index (χ2v) is 11.6. The number of piperazine rings is 1. The minimum Gasteiger partial charge on any atom is -0.342 e. The van der Waals surface area contributed by atoms with Crippen molar-refractivity contribution in [2.24, 2.45) is 11.8 Å². The van der Waals surface area contributed by atoms with Crippen LogP contribution in [0.25, 0.3) is 0 Å². The summed E-state index contributed by atoms with van der Waals surface area (Å²) in [6.07, 6.45) is 1.76. The van der Waals surface area contributed by atoms with Gasteiger partial charge in [-0.2, -0.15) is 13.2 Å². The molecule has 1 aliphatic carbocycles. The summed E-state index contributed by atoms with van der Waals surface area (Å²) < 4.78 is 61.9. The second-order valence-electron chi connectivity index (χ2n) is 9.63. The molecule has 1 aliphatic heterocycles. The Balaban J connectivity index is 1.59. The monoisotopic (exact) mass is 508 g/mol. The Morgan fingerprint density at radius 3 is 2.09 bits per heavy atom. The molecule has 2 aromatic carbocycles. The van der Waals surface area contributed by atoms with Crippen molar-refractivity contribution in [3.05, 3.63) is 65.2 Å². The highest BCUT2D eigenvalue weighted by Crippen LogP contribution is 2.33. The summed E-state index contributed by atoms with van der Waals surface area (Å²) >= 11 is 0. The molecule has 35 heavy (non-hydrogen) atoms. The second kappa shape index (κ2) is 9.29. The van der Waals surface area contributed by atoms with Crippen molar-refractivity contribution >= 4 is 21.7 Å². The Morgan fingerprint density at radius 1 is 1.00 bits per heavy atom. The van der Waals surface area contributed by atoms with Gasteiger partial charge in [0.05, 0.1) is 4.90 Å². The number of nitrogens with one attached hydrogen (secondary N) is 1. The van der Waals surface area contributed by atoms with E-state index in [0.29, 0.717) is 24.8 Å². The number of benzene rings is 2. The molecule has 1 fully saturated rings. The van der Waals surface area contributed by atoms with Gasteiger partial charge in [-0.15, -0.1) is 0 Å². The Hall–Kier alpha value is -2.88. The fourth-order valence-electron chi connectivity index (χ4n) is 4.91. The number of nitrogens with zero attached hydrogens (tertiary/aromatic N) is 1. The van der Waals surface area contributed by atoms with Gasteiger partial charge in [-0.1, -0.05) is 50.2 Å². The van der Waals surface area contributed by atoms with Crippen LogP contribution in [0.4, 0.5) is 13.2 Å². The number of amides is 2. The molecule has 2 aromatic rings. The molecular formula is C25H27F3N2O4S. The molecule has 0 unspecified atom stereocenters. The SMILES string of the molecule is CC(C)C[C@@H]1C(=O)N[C@H](C2Cc3ccccc3C2)C(=O)N1Cc1ccc(S(=O)(=O)C(F)(F)F)cc1. The van der Waals surface area contributed by atoms with E-state index in [1.807, 2.05) is 38.1 Å². The lowest BCUT2D eigenvalue weighted by Gasteiger charge is -2.41. The normalized spacial score (nSPS) is 21.4. The number of hydrogen-bond donors (Lipinski definition) is 1. The summed E-state index contributed by atoms with van der Waals surface area (Å²) in [6, 6.07) is 10.8. The van der Waals surface area contributed by atoms with Crippen LogP contribution in [0.3, 0.4) is 0 Å². The van der Waals surface area contributed by atoms with Crippen LogP contribution in [-0.4, -0.2) is 42.7 Å². The van der Waals surface area contributed by atoms with Crippen molar-refractivity contribution in [2.45, 2.75) is 62.1 Å². The average Bonchev–Trinajstić information content (AvgIpc) is 3.22. The zero-order valence-corrected chi connectivity index (χ0v) is 20.2. The molecule has 0 radical (unpaired) electrons. The number of carbonyl (C=O) groups is 2. The van der Waals surface area contributed by atoms with Gasteiger partial charge in [0.25, 0.3) is 9.84 Å². The molecule has 2 aliphatic rings. The third-order valence-corrected chi connectivity index (χ3v) is 8.17. The van der Waals surface area contributed by atoms with E-state index >= 15 is 0 Å². The molecule has 6 nitrogen and oxygen atoms in total. The van der Waals surface area contributed by atoms with E-state index in [2.05, 4.69) is 5.32 Å². The van der Waals surface area contributed by atoms with Crippen LogP contribution in [-0.2, 0) is 38.8 Å². The minimum absolute atomic E-state index is 0.00778. The molecule has 188 valence electrons. The molecule has 0 aromatic heterocycles. The van der Waals surface area contributed by atoms with Gasteiger partial charge in [-0.3, -0.25) is 9.59 Å². The number of hydrogen-bond acceptors (Lipinski definition) is 4. The third-order valence-electron chi connectivity index (χ3n) is 6.67. The first-order valence-electron chi connectivity index (χ1n) is 11.5. The zero-order chi connectivity index (χ0) is 25.5. The first-order valence-corrected chi connectivity index (χ1v) is 12.9. The quantitative estimate of drug-likeness (QED) is 0.646. The number of fused-ring (bicyclic) bond motifs is 1. The molecule has 0 saturated carbocycles. The lowest BCUT2D eigenvalue weighted by atomic mass is 9.90. The molecule has 2 amide bonds. The smallest absolute Gasteiger partial charge is 0.342 e. The predicted octanol–water partition coefficient (Wildman–Crippen LogP) is 3.64. The summed E-state index contributed by atoms with van der Waals surface area (Å²) in [7, 11) is -5.46.